The third-order valence-electron chi connectivity index (χ3n) is 1.37. The van der Waals surface area contributed by atoms with E-state index >= 15 is 0 Å². The molecule has 58 valence electrons. The van der Waals surface area contributed by atoms with Crippen LogP contribution < -0.4 is 0 Å². The van der Waals surface area contributed by atoms with E-state index < -0.39 is 0 Å². The van der Waals surface area contributed by atoms with Crippen molar-refractivity contribution in [2.75, 3.05) is 0 Å². The molecule has 1 rings (SSSR count). The first-order valence-electron chi connectivity index (χ1n) is 3.68. The molecule has 0 atom stereocenters. The van der Waals surface area contributed by atoms with Gasteiger partial charge >= 0.3 is 5.88 Å². The standard InChI is InChI=1S/C9H11NO/c1-7(2)6-8-4-5-9(10-3)11-8/h4-5,7H,6H2,1-2H3. The Balaban J connectivity index is 2.67. The molecular formula is C9H11NO. The highest BCUT2D eigenvalue weighted by molar-refractivity contribution is 5.32. The van der Waals surface area contributed by atoms with Crippen molar-refractivity contribution in [1.29, 1.82) is 0 Å². The van der Waals surface area contributed by atoms with Gasteiger partial charge in [-0.25, -0.2) is 0 Å². The fourth-order valence-corrected chi connectivity index (χ4v) is 0.939. The Morgan fingerprint density at radius 3 is 2.73 bits per heavy atom. The molecule has 2 nitrogen and oxygen atoms in total. The summed E-state index contributed by atoms with van der Waals surface area (Å²) in [6, 6.07) is 3.58. The average Bonchev–Trinajstić information content (AvgIpc) is 2.34. The van der Waals surface area contributed by atoms with Crippen LogP contribution in [0.1, 0.15) is 19.6 Å². The molecule has 0 spiro atoms. The van der Waals surface area contributed by atoms with Gasteiger partial charge in [-0.15, -0.1) is 0 Å². The van der Waals surface area contributed by atoms with E-state index in [0.717, 1.165) is 12.2 Å². The zero-order chi connectivity index (χ0) is 8.27. The minimum atomic E-state index is 0.389. The molecule has 1 heterocycles. The van der Waals surface area contributed by atoms with Crippen LogP contribution in [0.3, 0.4) is 0 Å². The zero-order valence-electron chi connectivity index (χ0n) is 6.79. The third kappa shape index (κ3) is 2.12. The smallest absolute Gasteiger partial charge is 0.345 e. The summed E-state index contributed by atoms with van der Waals surface area (Å²) in [6.45, 7) is 10.9. The maximum Gasteiger partial charge on any atom is 0.345 e. The van der Waals surface area contributed by atoms with E-state index in [9.17, 15) is 0 Å². The molecule has 0 saturated heterocycles. The summed E-state index contributed by atoms with van der Waals surface area (Å²) in [4.78, 5) is 3.18. The lowest BCUT2D eigenvalue weighted by molar-refractivity contribution is 0.487. The van der Waals surface area contributed by atoms with E-state index in [-0.39, 0.29) is 0 Å². The third-order valence-corrected chi connectivity index (χ3v) is 1.37. The Hall–Kier alpha value is -1.23. The van der Waals surface area contributed by atoms with Crippen molar-refractivity contribution >= 4 is 5.88 Å². The molecule has 0 aliphatic carbocycles. The van der Waals surface area contributed by atoms with Crippen LogP contribution in [0.2, 0.25) is 0 Å². The van der Waals surface area contributed by atoms with Gasteiger partial charge in [0.15, 0.2) is 0 Å². The molecule has 0 aliphatic heterocycles. The van der Waals surface area contributed by atoms with Crippen LogP contribution in [-0.2, 0) is 6.42 Å². The molecule has 0 aliphatic rings. The van der Waals surface area contributed by atoms with Gasteiger partial charge in [0.1, 0.15) is 0 Å². The highest BCUT2D eigenvalue weighted by Crippen LogP contribution is 2.18. The van der Waals surface area contributed by atoms with E-state index in [0.29, 0.717) is 11.8 Å². The molecule has 0 bridgehead atoms. The van der Waals surface area contributed by atoms with E-state index in [2.05, 4.69) is 18.7 Å². The zero-order valence-corrected chi connectivity index (χ0v) is 6.79. The number of furan rings is 1. The summed E-state index contributed by atoms with van der Waals surface area (Å²) >= 11 is 0. The first-order valence-corrected chi connectivity index (χ1v) is 3.68. The summed E-state index contributed by atoms with van der Waals surface area (Å²) in [7, 11) is 0. The Kier molecular flexibility index (Phi) is 2.32. The molecule has 1 aromatic heterocycles. The lowest BCUT2D eigenvalue weighted by Crippen LogP contribution is -1.90. The predicted octanol–water partition coefficient (Wildman–Crippen LogP) is 3.03. The van der Waals surface area contributed by atoms with E-state index in [1.54, 1.807) is 6.07 Å². The Morgan fingerprint density at radius 1 is 1.55 bits per heavy atom. The summed E-state index contributed by atoms with van der Waals surface area (Å²) < 4.78 is 5.19. The Labute approximate surface area is 66.7 Å². The van der Waals surface area contributed by atoms with Crippen molar-refractivity contribution in [3.05, 3.63) is 29.3 Å². The number of rotatable bonds is 2. The van der Waals surface area contributed by atoms with E-state index in [1.807, 2.05) is 6.07 Å². The van der Waals surface area contributed by atoms with E-state index in [1.165, 1.54) is 0 Å². The summed E-state index contributed by atoms with van der Waals surface area (Å²) in [5.41, 5.74) is 0. The lowest BCUT2D eigenvalue weighted by atomic mass is 10.1. The van der Waals surface area contributed by atoms with Gasteiger partial charge in [0.25, 0.3) is 0 Å². The Morgan fingerprint density at radius 2 is 2.27 bits per heavy atom. The number of hydrogen-bond acceptors (Lipinski definition) is 1. The van der Waals surface area contributed by atoms with Crippen LogP contribution in [-0.4, -0.2) is 0 Å². The summed E-state index contributed by atoms with van der Waals surface area (Å²) in [5, 5.41) is 0. The van der Waals surface area contributed by atoms with Gasteiger partial charge in [-0.2, -0.15) is 4.85 Å². The van der Waals surface area contributed by atoms with Crippen LogP contribution in [0.15, 0.2) is 16.5 Å². The molecular weight excluding hydrogens is 138 g/mol. The Bertz CT molecular complexity index is 267. The molecule has 0 saturated carbocycles. The van der Waals surface area contributed by atoms with Crippen LogP contribution in [0.25, 0.3) is 4.85 Å². The second-order valence-corrected chi connectivity index (χ2v) is 2.95. The quantitative estimate of drug-likeness (QED) is 0.591. The fourth-order valence-electron chi connectivity index (χ4n) is 0.939. The molecule has 0 unspecified atom stereocenters. The summed E-state index contributed by atoms with van der Waals surface area (Å²) in [6.07, 6.45) is 0.912. The average molecular weight is 149 g/mol. The molecule has 1 aromatic rings. The second-order valence-electron chi connectivity index (χ2n) is 2.95. The molecule has 0 amide bonds. The monoisotopic (exact) mass is 149 g/mol. The van der Waals surface area contributed by atoms with Crippen molar-refractivity contribution in [1.82, 2.24) is 0 Å². The highest BCUT2D eigenvalue weighted by atomic mass is 16.4. The van der Waals surface area contributed by atoms with Gasteiger partial charge in [-0.3, -0.25) is 0 Å². The molecule has 2 heteroatoms. The second kappa shape index (κ2) is 3.25. The maximum atomic E-state index is 6.67. The van der Waals surface area contributed by atoms with Crippen LogP contribution in [0.4, 0.5) is 5.88 Å². The van der Waals surface area contributed by atoms with Crippen molar-refractivity contribution in [3.63, 3.8) is 0 Å². The van der Waals surface area contributed by atoms with Gasteiger partial charge < -0.3 is 4.42 Å². The van der Waals surface area contributed by atoms with Gasteiger partial charge in [0.05, 0.1) is 12.3 Å². The van der Waals surface area contributed by atoms with Crippen LogP contribution >= 0.6 is 0 Å². The van der Waals surface area contributed by atoms with Gasteiger partial charge in [-0.05, 0) is 18.1 Å². The number of hydrogen-bond donors (Lipinski definition) is 0. The van der Waals surface area contributed by atoms with Gasteiger partial charge in [0, 0.05) is 6.42 Å². The largest absolute Gasteiger partial charge is 0.484 e. The first-order chi connectivity index (χ1) is 5.22. The molecule has 0 aromatic carbocycles. The van der Waals surface area contributed by atoms with Crippen LogP contribution in [0.5, 0.6) is 0 Å². The SMILES string of the molecule is [C-]#[N+]c1ccc(CC(C)C)o1. The van der Waals surface area contributed by atoms with Crippen molar-refractivity contribution in [2.45, 2.75) is 20.3 Å². The van der Waals surface area contributed by atoms with Gasteiger partial charge in [0.2, 0.25) is 0 Å². The van der Waals surface area contributed by atoms with Crippen molar-refractivity contribution < 1.29 is 4.42 Å². The highest BCUT2D eigenvalue weighted by Gasteiger charge is 2.02. The van der Waals surface area contributed by atoms with E-state index in [4.69, 9.17) is 11.0 Å². The first kappa shape index (κ1) is 7.87. The number of nitrogens with zero attached hydrogens (tertiary/aromatic N) is 1. The predicted molar refractivity (Wildman–Crippen MR) is 43.5 cm³/mol. The van der Waals surface area contributed by atoms with Crippen molar-refractivity contribution in [2.24, 2.45) is 5.92 Å². The van der Waals surface area contributed by atoms with Gasteiger partial charge in [-0.1, -0.05) is 13.8 Å². The summed E-state index contributed by atoms with van der Waals surface area (Å²) in [5.74, 6) is 1.88. The fraction of sp³-hybridized carbons (Fsp3) is 0.444. The molecule has 0 radical (unpaired) electrons. The normalized spacial score (nSPS) is 10.0. The minimum absolute atomic E-state index is 0.389. The topological polar surface area (TPSA) is 17.5 Å². The van der Waals surface area contributed by atoms with Crippen molar-refractivity contribution in [3.8, 4) is 0 Å². The lowest BCUT2D eigenvalue weighted by Gasteiger charge is -1.98. The molecule has 11 heavy (non-hydrogen) atoms. The van der Waals surface area contributed by atoms with Crippen LogP contribution in [0, 0.1) is 12.5 Å². The molecule has 0 N–H and O–H groups in total. The maximum absolute atomic E-state index is 6.67. The molecule has 0 fully saturated rings. The minimum Gasteiger partial charge on any atom is -0.484 e.